The van der Waals surface area contributed by atoms with Gasteiger partial charge in [-0.05, 0) is 28.7 Å². The second-order valence-corrected chi connectivity index (χ2v) is 8.01. The Hall–Kier alpha value is -3.56. The van der Waals surface area contributed by atoms with Crippen molar-refractivity contribution in [2.24, 2.45) is 5.92 Å². The minimum atomic E-state index is -4.75. The highest BCUT2D eigenvalue weighted by Gasteiger charge is 2.36. The number of nitrogens with one attached hydrogen (secondary N) is 1. The van der Waals surface area contributed by atoms with Gasteiger partial charge in [0, 0.05) is 12.5 Å². The quantitative estimate of drug-likeness (QED) is 0.568. The van der Waals surface area contributed by atoms with Crippen molar-refractivity contribution in [1.29, 1.82) is 0 Å². The van der Waals surface area contributed by atoms with E-state index in [1.165, 1.54) is 0 Å². The summed E-state index contributed by atoms with van der Waals surface area (Å²) in [5, 5.41) is 11.3. The van der Waals surface area contributed by atoms with Gasteiger partial charge in [0.15, 0.2) is 0 Å². The zero-order valence-electron chi connectivity index (χ0n) is 18.5. The summed E-state index contributed by atoms with van der Waals surface area (Å²) in [6.07, 6.45) is -5.45. The first-order valence-corrected chi connectivity index (χ1v) is 10.8. The van der Waals surface area contributed by atoms with E-state index in [0.29, 0.717) is 0 Å². The smallest absolute Gasteiger partial charge is 0.407 e. The van der Waals surface area contributed by atoms with Crippen LogP contribution in [0.4, 0.5) is 18.0 Å². The highest BCUT2D eigenvalue weighted by Crippen LogP contribution is 2.44. The van der Waals surface area contributed by atoms with Gasteiger partial charge in [0.05, 0.1) is 5.92 Å². The zero-order valence-corrected chi connectivity index (χ0v) is 18.5. The van der Waals surface area contributed by atoms with Crippen LogP contribution in [0.2, 0.25) is 0 Å². The second kappa shape index (κ2) is 10.6. The third-order valence-electron chi connectivity index (χ3n) is 5.69. The molecule has 7 nitrogen and oxygen atoms in total. The van der Waals surface area contributed by atoms with Crippen LogP contribution in [0, 0.1) is 5.92 Å². The number of carboxylic acids is 1. The number of ether oxygens (including phenoxy) is 1. The number of carboxylic acid groups (broad SMARTS) is 1. The van der Waals surface area contributed by atoms with Crippen molar-refractivity contribution in [3.05, 3.63) is 59.7 Å². The van der Waals surface area contributed by atoms with Gasteiger partial charge in [0.2, 0.25) is 5.91 Å². The molecule has 1 unspecified atom stereocenters. The summed E-state index contributed by atoms with van der Waals surface area (Å²) in [7, 11) is 0. The van der Waals surface area contributed by atoms with Crippen LogP contribution in [0.15, 0.2) is 48.5 Å². The highest BCUT2D eigenvalue weighted by molar-refractivity contribution is 5.84. The number of rotatable bonds is 9. The molecule has 182 valence electrons. The van der Waals surface area contributed by atoms with Crippen LogP contribution in [-0.4, -0.2) is 60.4 Å². The molecule has 3 rings (SSSR count). The van der Waals surface area contributed by atoms with Crippen molar-refractivity contribution in [2.75, 3.05) is 26.2 Å². The molecule has 0 bridgehead atoms. The SMILES string of the molecule is CCC(CNC(=O)OCC1c2ccccc2-c2ccccc21)C(=O)N(CC(=O)O)CC(F)(F)F. The standard InChI is InChI=1S/C24H25F3N2O5/c1-2-15(22(32)29(12-21(30)31)14-24(25,26)27)11-28-23(33)34-13-20-18-9-5-3-7-16(18)17-8-4-6-10-19(17)20/h3-10,15,20H,2,11-14H2,1H3,(H,28,33)(H,30,31). The Morgan fingerprint density at radius 1 is 1.06 bits per heavy atom. The van der Waals surface area contributed by atoms with Gasteiger partial charge in [-0.25, -0.2) is 4.79 Å². The highest BCUT2D eigenvalue weighted by atomic mass is 19.4. The molecule has 1 atom stereocenters. The average molecular weight is 478 g/mol. The van der Waals surface area contributed by atoms with E-state index in [4.69, 9.17) is 9.84 Å². The van der Waals surface area contributed by atoms with E-state index < -0.39 is 43.2 Å². The third kappa shape index (κ3) is 6.06. The molecule has 0 radical (unpaired) electrons. The predicted molar refractivity (Wildman–Crippen MR) is 117 cm³/mol. The first-order chi connectivity index (χ1) is 16.1. The number of fused-ring (bicyclic) bond motifs is 3. The average Bonchev–Trinajstić information content (AvgIpc) is 3.10. The van der Waals surface area contributed by atoms with Crippen LogP contribution < -0.4 is 5.32 Å². The molecule has 0 aromatic heterocycles. The number of carbonyl (C=O) groups is 3. The van der Waals surface area contributed by atoms with Crippen molar-refractivity contribution in [2.45, 2.75) is 25.4 Å². The topological polar surface area (TPSA) is 95.9 Å². The molecule has 0 spiro atoms. The number of amides is 2. The van der Waals surface area contributed by atoms with E-state index in [0.717, 1.165) is 22.3 Å². The maximum Gasteiger partial charge on any atom is 0.407 e. The summed E-state index contributed by atoms with van der Waals surface area (Å²) >= 11 is 0. The van der Waals surface area contributed by atoms with Gasteiger partial charge in [-0.15, -0.1) is 0 Å². The van der Waals surface area contributed by atoms with Crippen LogP contribution in [0.3, 0.4) is 0 Å². The summed E-state index contributed by atoms with van der Waals surface area (Å²) in [6, 6.07) is 15.6. The maximum absolute atomic E-state index is 12.8. The van der Waals surface area contributed by atoms with Crippen LogP contribution >= 0.6 is 0 Å². The van der Waals surface area contributed by atoms with Gasteiger partial charge in [-0.3, -0.25) is 9.59 Å². The largest absolute Gasteiger partial charge is 0.480 e. The Kier molecular flexibility index (Phi) is 7.80. The number of alkyl carbamates (subject to hydrolysis) is 1. The van der Waals surface area contributed by atoms with Gasteiger partial charge in [0.25, 0.3) is 0 Å². The summed E-state index contributed by atoms with van der Waals surface area (Å²) in [5.74, 6) is -3.75. The molecule has 0 heterocycles. The van der Waals surface area contributed by atoms with Crippen LogP contribution in [0.5, 0.6) is 0 Å². The molecule has 2 aromatic carbocycles. The number of nitrogens with zero attached hydrogens (tertiary/aromatic N) is 1. The van der Waals surface area contributed by atoms with Crippen molar-refractivity contribution in [1.82, 2.24) is 10.2 Å². The van der Waals surface area contributed by atoms with E-state index >= 15 is 0 Å². The number of aliphatic carboxylic acids is 1. The molecule has 0 saturated heterocycles. The first-order valence-electron chi connectivity index (χ1n) is 10.8. The lowest BCUT2D eigenvalue weighted by molar-refractivity contribution is -0.168. The van der Waals surface area contributed by atoms with E-state index in [-0.39, 0.29) is 30.4 Å². The van der Waals surface area contributed by atoms with E-state index in [1.807, 2.05) is 48.5 Å². The summed E-state index contributed by atoms with van der Waals surface area (Å²) < 4.78 is 43.7. The summed E-state index contributed by atoms with van der Waals surface area (Å²) in [6.45, 7) is -1.43. The third-order valence-corrected chi connectivity index (χ3v) is 5.69. The first kappa shape index (κ1) is 25.1. The fourth-order valence-corrected chi connectivity index (χ4v) is 4.11. The lowest BCUT2D eigenvalue weighted by Gasteiger charge is -2.26. The monoisotopic (exact) mass is 478 g/mol. The molecule has 2 amide bonds. The van der Waals surface area contributed by atoms with Crippen molar-refractivity contribution < 1.29 is 37.4 Å². The Morgan fingerprint density at radius 2 is 1.62 bits per heavy atom. The molecule has 0 aliphatic heterocycles. The van der Waals surface area contributed by atoms with Crippen LogP contribution in [-0.2, 0) is 14.3 Å². The molecular weight excluding hydrogens is 453 g/mol. The molecule has 10 heteroatoms. The number of halogens is 3. The number of hydrogen-bond donors (Lipinski definition) is 2. The zero-order chi connectivity index (χ0) is 24.9. The van der Waals surface area contributed by atoms with Gasteiger partial charge in [-0.2, -0.15) is 13.2 Å². The summed E-state index contributed by atoms with van der Waals surface area (Å²) in [5.41, 5.74) is 4.17. The normalized spacial score (nSPS) is 13.5. The van der Waals surface area contributed by atoms with Crippen molar-refractivity contribution in [3.8, 4) is 11.1 Å². The van der Waals surface area contributed by atoms with Crippen molar-refractivity contribution in [3.63, 3.8) is 0 Å². The number of carbonyl (C=O) groups excluding carboxylic acids is 2. The minimum absolute atomic E-state index is 0.0454. The predicted octanol–water partition coefficient (Wildman–Crippen LogP) is 4.03. The lowest BCUT2D eigenvalue weighted by atomic mass is 9.98. The molecule has 2 N–H and O–H groups in total. The second-order valence-electron chi connectivity index (χ2n) is 8.01. The molecule has 0 saturated carbocycles. The number of hydrogen-bond acceptors (Lipinski definition) is 4. The van der Waals surface area contributed by atoms with Gasteiger partial charge >= 0.3 is 18.2 Å². The fourth-order valence-electron chi connectivity index (χ4n) is 4.11. The van der Waals surface area contributed by atoms with E-state index in [9.17, 15) is 27.6 Å². The Balaban J connectivity index is 1.59. The number of benzene rings is 2. The van der Waals surface area contributed by atoms with E-state index in [1.54, 1.807) is 6.92 Å². The van der Waals surface area contributed by atoms with Gasteiger partial charge in [0.1, 0.15) is 19.7 Å². The fraction of sp³-hybridized carbons (Fsp3) is 0.375. The van der Waals surface area contributed by atoms with Crippen molar-refractivity contribution >= 4 is 18.0 Å². The minimum Gasteiger partial charge on any atom is -0.480 e. The Bertz CT molecular complexity index is 1010. The molecular formula is C24H25F3N2O5. The number of alkyl halides is 3. The molecule has 0 fully saturated rings. The molecule has 2 aromatic rings. The van der Waals surface area contributed by atoms with Gasteiger partial charge < -0.3 is 20.1 Å². The maximum atomic E-state index is 12.8. The Labute approximate surface area is 194 Å². The van der Waals surface area contributed by atoms with Crippen LogP contribution in [0.25, 0.3) is 11.1 Å². The van der Waals surface area contributed by atoms with Gasteiger partial charge in [-0.1, -0.05) is 55.5 Å². The summed E-state index contributed by atoms with van der Waals surface area (Å²) in [4.78, 5) is 36.0. The van der Waals surface area contributed by atoms with Crippen LogP contribution in [0.1, 0.15) is 30.4 Å². The molecule has 1 aliphatic rings. The molecule has 1 aliphatic carbocycles. The van der Waals surface area contributed by atoms with E-state index in [2.05, 4.69) is 5.32 Å². The lowest BCUT2D eigenvalue weighted by Crippen LogP contribution is -2.47. The Morgan fingerprint density at radius 3 is 2.12 bits per heavy atom. The molecule has 34 heavy (non-hydrogen) atoms.